The molecule has 20 nitrogen and oxygen atoms in total. The lowest BCUT2D eigenvalue weighted by Gasteiger charge is -2.27. The molecule has 290 valence electrons. The summed E-state index contributed by atoms with van der Waals surface area (Å²) in [7, 11) is 0. The SMILES string of the molecule is CC[C@H](C)[C@H](NC(=O)[C@H](Cc1ccc(O)cc1)NC(=O)CNC(=O)[C@@H](N)CS)C(=O)NCC(=O)N[C@@H](CO)C(=O)N[C@@H](CCCN=C(N)N)C(N)=O. The van der Waals surface area contributed by atoms with Crippen molar-refractivity contribution in [3.8, 4) is 5.75 Å². The maximum atomic E-state index is 13.5. The lowest BCUT2D eigenvalue weighted by atomic mass is 9.97. The molecule has 52 heavy (non-hydrogen) atoms. The van der Waals surface area contributed by atoms with Gasteiger partial charge in [-0.25, -0.2) is 0 Å². The number of nitrogens with two attached hydrogens (primary N) is 4. The van der Waals surface area contributed by atoms with E-state index in [1.165, 1.54) is 24.3 Å². The molecule has 0 fully saturated rings. The van der Waals surface area contributed by atoms with E-state index in [1.54, 1.807) is 13.8 Å². The summed E-state index contributed by atoms with van der Waals surface area (Å²) in [5.74, 6) is -6.13. The average Bonchev–Trinajstić information content (AvgIpc) is 3.11. The van der Waals surface area contributed by atoms with Gasteiger partial charge in [0.1, 0.15) is 29.9 Å². The highest BCUT2D eigenvalue weighted by Crippen LogP contribution is 2.13. The predicted molar refractivity (Wildman–Crippen MR) is 193 cm³/mol. The Morgan fingerprint density at radius 1 is 0.808 bits per heavy atom. The second kappa shape index (κ2) is 23.3. The topological polar surface area (TPSA) is 349 Å². The fraction of sp³-hybridized carbons (Fsp3) is 0.548. The first-order valence-corrected chi connectivity index (χ1v) is 17.0. The molecule has 1 aromatic rings. The number of rotatable bonds is 23. The van der Waals surface area contributed by atoms with Crippen LogP contribution in [0.1, 0.15) is 38.7 Å². The molecule has 1 rings (SSSR count). The van der Waals surface area contributed by atoms with Crippen LogP contribution in [0.3, 0.4) is 0 Å². The number of aliphatic hydroxyl groups excluding tert-OH is 1. The van der Waals surface area contributed by atoms with Gasteiger partial charge in [-0.1, -0.05) is 32.4 Å². The zero-order chi connectivity index (χ0) is 39.4. The number of carbonyl (C=O) groups excluding carboxylic acids is 7. The van der Waals surface area contributed by atoms with Crippen LogP contribution in [0, 0.1) is 5.92 Å². The fourth-order valence-electron chi connectivity index (χ4n) is 4.44. The molecular formula is C31H51N11O9S. The number of hydrogen-bond donors (Lipinski definition) is 13. The number of nitrogens with one attached hydrogen (secondary N) is 6. The van der Waals surface area contributed by atoms with E-state index in [4.69, 9.17) is 22.9 Å². The maximum absolute atomic E-state index is 13.5. The zero-order valence-corrected chi connectivity index (χ0v) is 30.0. The van der Waals surface area contributed by atoms with Crippen LogP contribution in [0.2, 0.25) is 0 Å². The van der Waals surface area contributed by atoms with E-state index in [0.717, 1.165) is 0 Å². The molecular weight excluding hydrogens is 702 g/mol. The molecule has 0 aliphatic rings. The largest absolute Gasteiger partial charge is 0.508 e. The number of nitrogens with zero attached hydrogens (tertiary/aromatic N) is 1. The standard InChI is InChI=1S/C31H51N11O9S/c1-3-16(2)25(30(51)38-13-24(46)40-22(14-43)29(50)41-20(26(33)47)5-4-10-36-31(34)35)42-28(49)21(11-17-6-8-18(44)9-7-17)39-23(45)12-37-27(48)19(32)15-52/h6-9,16,19-22,25,43-44,52H,3-5,10-15,32H2,1-2H3,(H2,33,47)(H,37,48)(H,38,51)(H,39,45)(H,40,46)(H,41,50)(H,42,49)(H4,34,35,36)/t16-,19-,20-,21-,22-,25-/m0/s1. The molecule has 21 heteroatoms. The number of guanidine groups is 1. The minimum atomic E-state index is -1.50. The van der Waals surface area contributed by atoms with Gasteiger partial charge in [0.25, 0.3) is 0 Å². The molecule has 0 aliphatic heterocycles. The van der Waals surface area contributed by atoms with Gasteiger partial charge in [-0.15, -0.1) is 0 Å². The van der Waals surface area contributed by atoms with Gasteiger partial charge in [0.2, 0.25) is 41.4 Å². The number of thiol groups is 1. The molecule has 0 aliphatic carbocycles. The van der Waals surface area contributed by atoms with Crippen molar-refractivity contribution < 1.29 is 43.8 Å². The normalized spacial score (nSPS) is 14.2. The van der Waals surface area contributed by atoms with Gasteiger partial charge in [0.05, 0.1) is 25.7 Å². The Bertz CT molecular complexity index is 1410. The summed E-state index contributed by atoms with van der Waals surface area (Å²) in [5.41, 5.74) is 22.0. The van der Waals surface area contributed by atoms with Gasteiger partial charge < -0.3 is 65.0 Å². The number of aliphatic imine (C=N–C) groups is 1. The summed E-state index contributed by atoms with van der Waals surface area (Å²) < 4.78 is 0. The highest BCUT2D eigenvalue weighted by atomic mass is 32.1. The highest BCUT2D eigenvalue weighted by Gasteiger charge is 2.31. The summed E-state index contributed by atoms with van der Waals surface area (Å²) >= 11 is 3.94. The van der Waals surface area contributed by atoms with E-state index in [9.17, 15) is 43.8 Å². The van der Waals surface area contributed by atoms with Crippen molar-refractivity contribution >= 4 is 59.9 Å². The van der Waals surface area contributed by atoms with E-state index < -0.39 is 97.2 Å². The molecule has 0 aromatic heterocycles. The van der Waals surface area contributed by atoms with Gasteiger partial charge in [-0.05, 0) is 36.5 Å². The smallest absolute Gasteiger partial charge is 0.245 e. The number of carbonyl (C=O) groups is 7. The minimum Gasteiger partial charge on any atom is -0.508 e. The second-order valence-corrected chi connectivity index (χ2v) is 12.2. The van der Waals surface area contributed by atoms with E-state index in [-0.39, 0.29) is 43.3 Å². The van der Waals surface area contributed by atoms with Crippen LogP contribution in [0.5, 0.6) is 5.75 Å². The van der Waals surface area contributed by atoms with Crippen molar-refractivity contribution in [1.82, 2.24) is 31.9 Å². The molecule has 0 heterocycles. The van der Waals surface area contributed by atoms with Crippen molar-refractivity contribution in [2.24, 2.45) is 33.8 Å². The van der Waals surface area contributed by atoms with Gasteiger partial charge in [0, 0.05) is 18.7 Å². The maximum Gasteiger partial charge on any atom is 0.245 e. The van der Waals surface area contributed by atoms with Crippen molar-refractivity contribution in [2.75, 3.05) is 32.0 Å². The first-order valence-electron chi connectivity index (χ1n) is 16.4. The molecule has 0 spiro atoms. The van der Waals surface area contributed by atoms with Crippen molar-refractivity contribution in [2.45, 2.75) is 69.7 Å². The predicted octanol–water partition coefficient (Wildman–Crippen LogP) is -5.06. The number of amides is 7. The molecule has 0 radical (unpaired) electrons. The first-order chi connectivity index (χ1) is 24.5. The van der Waals surface area contributed by atoms with Gasteiger partial charge in [-0.3, -0.25) is 38.6 Å². The Labute approximate surface area is 306 Å². The van der Waals surface area contributed by atoms with Crippen LogP contribution < -0.4 is 54.8 Å². The van der Waals surface area contributed by atoms with Crippen LogP contribution in [-0.2, 0) is 40.0 Å². The van der Waals surface area contributed by atoms with E-state index in [1.807, 2.05) is 0 Å². The first kappa shape index (κ1) is 44.9. The minimum absolute atomic E-state index is 0.0219. The summed E-state index contributed by atoms with van der Waals surface area (Å²) in [4.78, 5) is 92.5. The number of hydrogen-bond acceptors (Lipinski definition) is 12. The Hall–Kier alpha value is -5.15. The Balaban J connectivity index is 2.96. The second-order valence-electron chi connectivity index (χ2n) is 11.8. The van der Waals surface area contributed by atoms with Crippen LogP contribution >= 0.6 is 12.6 Å². The number of phenols is 1. The summed E-state index contributed by atoms with van der Waals surface area (Å²) in [6, 6.07) is -0.177. The Morgan fingerprint density at radius 3 is 1.88 bits per heavy atom. The average molecular weight is 754 g/mol. The quantitative estimate of drug-likeness (QED) is 0.0216. The number of aromatic hydroxyl groups is 1. The molecule has 7 amide bonds. The molecule has 0 bridgehead atoms. The lowest BCUT2D eigenvalue weighted by Crippen LogP contribution is -2.58. The fourth-order valence-corrected chi connectivity index (χ4v) is 4.60. The molecule has 6 atom stereocenters. The Morgan fingerprint density at radius 2 is 1.37 bits per heavy atom. The number of primary amides is 1. The van der Waals surface area contributed by atoms with Crippen molar-refractivity contribution in [3.63, 3.8) is 0 Å². The summed E-state index contributed by atoms with van der Waals surface area (Å²) in [6.45, 7) is 1.60. The highest BCUT2D eigenvalue weighted by molar-refractivity contribution is 7.80. The number of aliphatic hydroxyl groups is 1. The van der Waals surface area contributed by atoms with E-state index in [0.29, 0.717) is 12.0 Å². The number of benzene rings is 1. The third-order valence-corrected chi connectivity index (χ3v) is 8.03. The van der Waals surface area contributed by atoms with Crippen LogP contribution in [0.25, 0.3) is 0 Å². The van der Waals surface area contributed by atoms with E-state index in [2.05, 4.69) is 49.5 Å². The van der Waals surface area contributed by atoms with Crippen LogP contribution in [0.4, 0.5) is 0 Å². The van der Waals surface area contributed by atoms with Crippen molar-refractivity contribution in [3.05, 3.63) is 29.8 Å². The van der Waals surface area contributed by atoms with Gasteiger partial charge in [-0.2, -0.15) is 12.6 Å². The van der Waals surface area contributed by atoms with E-state index >= 15 is 0 Å². The molecule has 0 unspecified atom stereocenters. The lowest BCUT2D eigenvalue weighted by molar-refractivity contribution is -0.134. The molecule has 0 saturated heterocycles. The summed E-state index contributed by atoms with van der Waals surface area (Å²) in [5, 5.41) is 33.9. The molecule has 0 saturated carbocycles. The monoisotopic (exact) mass is 753 g/mol. The Kier molecular flexibility index (Phi) is 20.1. The van der Waals surface area contributed by atoms with Crippen LogP contribution in [0.15, 0.2) is 29.3 Å². The third-order valence-electron chi connectivity index (χ3n) is 7.64. The van der Waals surface area contributed by atoms with Gasteiger partial charge in [0.15, 0.2) is 5.96 Å². The molecule has 1 aromatic carbocycles. The molecule has 16 N–H and O–H groups in total. The van der Waals surface area contributed by atoms with Crippen molar-refractivity contribution in [1.29, 1.82) is 0 Å². The number of phenolic OH excluding ortho intramolecular Hbond substituents is 1. The third kappa shape index (κ3) is 16.7. The van der Waals surface area contributed by atoms with Crippen LogP contribution in [-0.4, -0.2) is 120 Å². The summed E-state index contributed by atoms with van der Waals surface area (Å²) in [6.07, 6.45) is 0.715. The zero-order valence-electron chi connectivity index (χ0n) is 29.1. The van der Waals surface area contributed by atoms with Gasteiger partial charge >= 0.3 is 0 Å².